The van der Waals surface area contributed by atoms with Crippen LogP contribution in [0.5, 0.6) is 0 Å². The lowest BCUT2D eigenvalue weighted by atomic mass is 10.00. The van der Waals surface area contributed by atoms with Gasteiger partial charge in [-0.25, -0.2) is 9.78 Å². The second kappa shape index (κ2) is 9.64. The van der Waals surface area contributed by atoms with Crippen LogP contribution in [-0.2, 0) is 0 Å². The van der Waals surface area contributed by atoms with Crippen LogP contribution in [0.25, 0.3) is 28.6 Å². The third-order valence-corrected chi connectivity index (χ3v) is 5.47. The number of allylic oxidation sites excluding steroid dienone is 1. The van der Waals surface area contributed by atoms with Crippen LogP contribution >= 0.6 is 12.2 Å². The minimum absolute atomic E-state index is 0.0484. The fraction of sp³-hybridized carbons (Fsp3) is 0.0370. The fourth-order valence-electron chi connectivity index (χ4n) is 3.67. The number of hydrogen-bond acceptors (Lipinski definition) is 5. The zero-order chi connectivity index (χ0) is 23.3. The van der Waals surface area contributed by atoms with Gasteiger partial charge in [0.05, 0.1) is 11.4 Å². The molecule has 0 atom stereocenters. The van der Waals surface area contributed by atoms with Crippen molar-refractivity contribution in [2.45, 2.75) is 6.42 Å². The van der Waals surface area contributed by atoms with Crippen LogP contribution in [0.1, 0.15) is 28.2 Å². The van der Waals surface area contributed by atoms with Crippen LogP contribution < -0.4 is 0 Å². The minimum Gasteiger partial charge on any atom is -0.410 e. The van der Waals surface area contributed by atoms with Crippen molar-refractivity contribution < 1.29 is 9.21 Å². The quantitative estimate of drug-likeness (QED) is 0.223. The Morgan fingerprint density at radius 3 is 2.24 bits per heavy atom. The molecule has 1 N–H and O–H groups in total. The van der Waals surface area contributed by atoms with Crippen molar-refractivity contribution in [2.24, 2.45) is 0 Å². The number of carbonyl (C=O) groups is 1. The Labute approximate surface area is 201 Å². The highest BCUT2D eigenvalue weighted by atomic mass is 32.1. The molecule has 34 heavy (non-hydrogen) atoms. The van der Waals surface area contributed by atoms with Gasteiger partial charge in [-0.2, -0.15) is 5.10 Å². The zero-order valence-electron chi connectivity index (χ0n) is 18.1. The first-order chi connectivity index (χ1) is 16.7. The lowest BCUT2D eigenvalue weighted by molar-refractivity contribution is 0.0998. The molecule has 0 fully saturated rings. The van der Waals surface area contributed by atoms with Gasteiger partial charge in [-0.3, -0.25) is 4.79 Å². The molecule has 0 saturated heterocycles. The average Bonchev–Trinajstić information content (AvgIpc) is 3.51. The molecule has 0 amide bonds. The summed E-state index contributed by atoms with van der Waals surface area (Å²) in [4.78, 5) is 13.2. The van der Waals surface area contributed by atoms with Gasteiger partial charge in [0.25, 0.3) is 4.84 Å². The highest BCUT2D eigenvalue weighted by Crippen LogP contribution is 2.29. The maximum Gasteiger partial charge on any atom is 0.284 e. The van der Waals surface area contributed by atoms with Crippen molar-refractivity contribution in [1.82, 2.24) is 20.0 Å². The standard InChI is InChI=1S/C27H20N4O2S/c32-24(19-10-4-1-5-11-19)17-21(26-28-29-27(34)33-26)16-22-18-31(23-14-8-3-9-15-23)30-25(22)20-12-6-2-7-13-20/h1-16,18H,17H2,(H,29,34)/b21-16+. The molecule has 7 heteroatoms. The summed E-state index contributed by atoms with van der Waals surface area (Å²) in [6, 6.07) is 28.9. The molecule has 6 nitrogen and oxygen atoms in total. The van der Waals surface area contributed by atoms with Gasteiger partial charge in [-0.15, -0.1) is 5.10 Å². The molecule has 2 aromatic heterocycles. The molecule has 0 aliphatic heterocycles. The van der Waals surface area contributed by atoms with Gasteiger partial charge in [-0.1, -0.05) is 78.9 Å². The molecule has 0 aliphatic carbocycles. The molecular formula is C27H20N4O2S. The monoisotopic (exact) mass is 464 g/mol. The van der Waals surface area contributed by atoms with E-state index < -0.39 is 0 Å². The number of benzene rings is 3. The summed E-state index contributed by atoms with van der Waals surface area (Å²) in [5.74, 6) is 0.230. The van der Waals surface area contributed by atoms with E-state index in [2.05, 4.69) is 10.2 Å². The van der Waals surface area contributed by atoms with E-state index in [1.54, 1.807) is 12.1 Å². The number of H-pyrrole nitrogens is 1. The van der Waals surface area contributed by atoms with Gasteiger partial charge in [-0.05, 0) is 30.4 Å². The number of hydrogen-bond donors (Lipinski definition) is 1. The summed E-state index contributed by atoms with van der Waals surface area (Å²) >= 11 is 5.08. The van der Waals surface area contributed by atoms with Gasteiger partial charge in [0.15, 0.2) is 5.78 Å². The van der Waals surface area contributed by atoms with Crippen molar-refractivity contribution in [3.8, 4) is 16.9 Å². The van der Waals surface area contributed by atoms with E-state index in [1.165, 1.54) is 0 Å². The first-order valence-electron chi connectivity index (χ1n) is 10.7. The molecule has 0 spiro atoms. The predicted molar refractivity (Wildman–Crippen MR) is 134 cm³/mol. The van der Waals surface area contributed by atoms with Gasteiger partial charge < -0.3 is 4.42 Å². The lowest BCUT2D eigenvalue weighted by Gasteiger charge is -2.04. The summed E-state index contributed by atoms with van der Waals surface area (Å²) in [5.41, 5.74) is 4.72. The third-order valence-electron chi connectivity index (χ3n) is 5.30. The Balaban J connectivity index is 1.63. The molecule has 0 saturated carbocycles. The topological polar surface area (TPSA) is 76.7 Å². The largest absolute Gasteiger partial charge is 0.410 e. The molecule has 0 unspecified atom stereocenters. The first kappa shape index (κ1) is 21.5. The smallest absolute Gasteiger partial charge is 0.284 e. The highest BCUT2D eigenvalue weighted by molar-refractivity contribution is 7.71. The maximum absolute atomic E-state index is 13.0. The molecule has 5 rings (SSSR count). The summed E-state index contributed by atoms with van der Waals surface area (Å²) in [6.07, 6.45) is 3.92. The Hall–Kier alpha value is -4.36. The van der Waals surface area contributed by atoms with Gasteiger partial charge >= 0.3 is 0 Å². The number of carbonyl (C=O) groups excluding carboxylic acids is 1. The summed E-state index contributed by atoms with van der Waals surface area (Å²) in [7, 11) is 0. The predicted octanol–water partition coefficient (Wildman–Crippen LogP) is 6.40. The van der Waals surface area contributed by atoms with E-state index in [0.717, 1.165) is 22.5 Å². The number of Topliss-reactive ketones (excluding diaryl/α,β-unsaturated/α-hetero) is 1. The van der Waals surface area contributed by atoms with Crippen molar-refractivity contribution >= 4 is 29.7 Å². The highest BCUT2D eigenvalue weighted by Gasteiger charge is 2.18. The van der Waals surface area contributed by atoms with Crippen LogP contribution in [0.3, 0.4) is 0 Å². The second-order valence-corrected chi connectivity index (χ2v) is 8.00. The Morgan fingerprint density at radius 1 is 0.941 bits per heavy atom. The molecule has 2 heterocycles. The van der Waals surface area contributed by atoms with Crippen LogP contribution in [0.2, 0.25) is 0 Å². The van der Waals surface area contributed by atoms with E-state index in [0.29, 0.717) is 11.1 Å². The zero-order valence-corrected chi connectivity index (χ0v) is 18.9. The number of aromatic nitrogens is 4. The fourth-order valence-corrected chi connectivity index (χ4v) is 3.79. The Morgan fingerprint density at radius 2 is 1.59 bits per heavy atom. The van der Waals surface area contributed by atoms with E-state index in [4.69, 9.17) is 21.7 Å². The molecule has 3 aromatic carbocycles. The number of ketones is 1. The number of para-hydroxylation sites is 1. The third kappa shape index (κ3) is 4.69. The average molecular weight is 465 g/mol. The van der Waals surface area contributed by atoms with Gasteiger partial charge in [0, 0.05) is 34.9 Å². The van der Waals surface area contributed by atoms with Crippen LogP contribution in [0.4, 0.5) is 0 Å². The molecular weight excluding hydrogens is 444 g/mol. The van der Waals surface area contributed by atoms with Crippen molar-refractivity contribution in [2.75, 3.05) is 0 Å². The van der Waals surface area contributed by atoms with Crippen molar-refractivity contribution in [3.63, 3.8) is 0 Å². The number of rotatable bonds is 7. The number of nitrogens with zero attached hydrogens (tertiary/aromatic N) is 3. The molecule has 0 bridgehead atoms. The van der Waals surface area contributed by atoms with Gasteiger partial charge in [0.1, 0.15) is 0 Å². The van der Waals surface area contributed by atoms with Crippen LogP contribution in [-0.4, -0.2) is 25.8 Å². The first-order valence-corrected chi connectivity index (χ1v) is 11.1. The van der Waals surface area contributed by atoms with Crippen molar-refractivity contribution in [1.29, 1.82) is 0 Å². The molecule has 166 valence electrons. The molecule has 0 aliphatic rings. The number of nitrogens with one attached hydrogen (secondary N) is 1. The Kier molecular flexibility index (Phi) is 6.09. The van der Waals surface area contributed by atoms with E-state index in [-0.39, 0.29) is 22.9 Å². The Bertz CT molecular complexity index is 1500. The van der Waals surface area contributed by atoms with E-state index in [9.17, 15) is 4.79 Å². The summed E-state index contributed by atoms with van der Waals surface area (Å²) < 4.78 is 7.42. The minimum atomic E-state index is -0.0484. The van der Waals surface area contributed by atoms with Gasteiger partial charge in [0.2, 0.25) is 5.89 Å². The summed E-state index contributed by atoms with van der Waals surface area (Å²) in [5, 5.41) is 11.7. The normalized spacial score (nSPS) is 11.5. The molecule has 5 aromatic rings. The molecule has 0 radical (unpaired) electrons. The number of aromatic amines is 1. The second-order valence-electron chi connectivity index (χ2n) is 7.63. The lowest BCUT2D eigenvalue weighted by Crippen LogP contribution is -2.01. The van der Waals surface area contributed by atoms with Crippen LogP contribution in [0, 0.1) is 4.84 Å². The van der Waals surface area contributed by atoms with E-state index >= 15 is 0 Å². The maximum atomic E-state index is 13.0. The summed E-state index contributed by atoms with van der Waals surface area (Å²) in [6.45, 7) is 0. The van der Waals surface area contributed by atoms with Crippen molar-refractivity contribution in [3.05, 3.63) is 119 Å². The van der Waals surface area contributed by atoms with Crippen LogP contribution in [0.15, 0.2) is 102 Å². The SMILES string of the molecule is O=C(C/C(=C\c1cn(-c2ccccc2)nc1-c1ccccc1)c1n[nH]c(=S)o1)c1ccccc1. The van der Waals surface area contributed by atoms with E-state index in [1.807, 2.05) is 95.8 Å².